The van der Waals surface area contributed by atoms with Crippen LogP contribution in [0.15, 0.2) is 71.6 Å². The molecule has 1 N–H and O–H groups in total. The predicted molar refractivity (Wildman–Crippen MR) is 127 cm³/mol. The molecule has 0 aromatic heterocycles. The molecule has 1 fully saturated rings. The van der Waals surface area contributed by atoms with Crippen LogP contribution in [0.3, 0.4) is 0 Å². The molecule has 3 nitrogen and oxygen atoms in total. The zero-order chi connectivity index (χ0) is 22.0. The highest BCUT2D eigenvalue weighted by Gasteiger charge is 2.33. The Labute approximate surface area is 199 Å². The molecular weight excluding hydrogens is 478 g/mol. The smallest absolute Gasteiger partial charge is 0.176 e. The van der Waals surface area contributed by atoms with E-state index in [0.717, 1.165) is 17.7 Å². The van der Waals surface area contributed by atoms with Crippen LogP contribution in [0.25, 0.3) is 0 Å². The maximum absolute atomic E-state index is 13.5. The first-order chi connectivity index (χ1) is 14.9. The van der Waals surface area contributed by atoms with Gasteiger partial charge in [-0.15, -0.1) is 4.72 Å². The number of nitrogens with zero attached hydrogens (tertiary/aromatic N) is 1. The lowest BCUT2D eigenvalue weighted by Gasteiger charge is -2.41. The van der Waals surface area contributed by atoms with Crippen LogP contribution in [0, 0.1) is 5.82 Å². The number of benzene rings is 3. The van der Waals surface area contributed by atoms with E-state index in [-0.39, 0.29) is 12.1 Å². The van der Waals surface area contributed by atoms with Gasteiger partial charge in [-0.1, -0.05) is 53.0 Å². The normalized spacial score (nSPS) is 20.0. The molecule has 0 bridgehead atoms. The lowest BCUT2D eigenvalue weighted by atomic mass is 9.91. The molecule has 0 saturated carbocycles. The Bertz CT molecular complexity index is 1050. The molecule has 3 unspecified atom stereocenters. The van der Waals surface area contributed by atoms with Gasteiger partial charge >= 0.3 is 0 Å². The van der Waals surface area contributed by atoms with Crippen molar-refractivity contribution in [2.45, 2.75) is 29.8 Å². The molecule has 0 radical (unpaired) electrons. The van der Waals surface area contributed by atoms with Gasteiger partial charge in [0.25, 0.3) is 0 Å². The standard InChI is InChI=1S/C23H20Cl3FN2OS/c24-16-6-4-15(5-7-16)23-14-19(28-31(30)20-3-1-2-18(27)13-20)10-11-29(23)22-9-8-17(25)12-21(22)26/h1-9,12-13,19,23,28H,10-11,14H2. The molecule has 1 saturated heterocycles. The number of nitrogens with one attached hydrogen (secondary N) is 1. The van der Waals surface area contributed by atoms with E-state index >= 15 is 0 Å². The number of hydrogen-bond acceptors (Lipinski definition) is 3. The Hall–Kier alpha value is -1.47. The molecule has 162 valence electrons. The van der Waals surface area contributed by atoms with Crippen LogP contribution < -0.4 is 9.62 Å². The fraction of sp³-hybridized carbons (Fsp3) is 0.217. The summed E-state index contributed by atoms with van der Waals surface area (Å²) in [6.45, 7) is 0.701. The van der Waals surface area contributed by atoms with Crippen molar-refractivity contribution in [2.24, 2.45) is 0 Å². The van der Waals surface area contributed by atoms with E-state index in [1.165, 1.54) is 12.1 Å². The Morgan fingerprint density at radius 2 is 1.71 bits per heavy atom. The summed E-state index contributed by atoms with van der Waals surface area (Å²) in [7, 11) is 0. The van der Waals surface area contributed by atoms with Crippen molar-refractivity contribution in [3.63, 3.8) is 0 Å². The lowest BCUT2D eigenvalue weighted by molar-refractivity contribution is 0.394. The molecule has 31 heavy (non-hydrogen) atoms. The summed E-state index contributed by atoms with van der Waals surface area (Å²) in [4.78, 5) is 2.66. The van der Waals surface area contributed by atoms with Crippen LogP contribution in [-0.4, -0.2) is 17.1 Å². The van der Waals surface area contributed by atoms with Crippen molar-refractivity contribution in [1.82, 2.24) is 4.72 Å². The van der Waals surface area contributed by atoms with Crippen LogP contribution >= 0.6 is 34.8 Å². The van der Waals surface area contributed by atoms with E-state index in [1.54, 1.807) is 18.2 Å². The van der Waals surface area contributed by atoms with E-state index in [0.29, 0.717) is 32.9 Å². The summed E-state index contributed by atoms with van der Waals surface area (Å²) in [5.74, 6) is -0.404. The van der Waals surface area contributed by atoms with Gasteiger partial charge in [-0.25, -0.2) is 4.39 Å². The monoisotopic (exact) mass is 496 g/mol. The summed E-state index contributed by atoms with van der Waals surface area (Å²) < 4.78 is 29.5. The first kappa shape index (κ1) is 22.7. The first-order valence-corrected chi connectivity index (χ1v) is 12.1. The minimum absolute atomic E-state index is 0.00768. The highest BCUT2D eigenvalue weighted by atomic mass is 35.5. The van der Waals surface area contributed by atoms with Crippen LogP contribution in [0.5, 0.6) is 0 Å². The van der Waals surface area contributed by atoms with Gasteiger partial charge in [-0.2, -0.15) is 0 Å². The van der Waals surface area contributed by atoms with E-state index in [4.69, 9.17) is 34.8 Å². The zero-order valence-corrected chi connectivity index (χ0v) is 19.5. The molecule has 8 heteroatoms. The quantitative estimate of drug-likeness (QED) is 0.394. The second-order valence-corrected chi connectivity index (χ2v) is 9.95. The number of hydrogen-bond donors (Lipinski definition) is 1. The van der Waals surface area contributed by atoms with Gasteiger partial charge < -0.3 is 9.45 Å². The van der Waals surface area contributed by atoms with Crippen LogP contribution in [0.2, 0.25) is 15.1 Å². The number of piperidine rings is 1. The fourth-order valence-corrected chi connectivity index (χ4v) is 5.60. The maximum Gasteiger partial charge on any atom is 0.176 e. The number of halogens is 4. The Morgan fingerprint density at radius 1 is 0.968 bits per heavy atom. The molecule has 1 aliphatic rings. The molecule has 3 aromatic carbocycles. The Morgan fingerprint density at radius 3 is 2.42 bits per heavy atom. The van der Waals surface area contributed by atoms with Crippen molar-refractivity contribution < 1.29 is 8.94 Å². The number of rotatable bonds is 5. The summed E-state index contributed by atoms with van der Waals surface area (Å²) in [6, 6.07) is 19.0. The highest BCUT2D eigenvalue weighted by Crippen LogP contribution is 2.40. The molecule has 0 spiro atoms. The van der Waals surface area contributed by atoms with Gasteiger partial charge in [0.2, 0.25) is 0 Å². The average Bonchev–Trinajstić information content (AvgIpc) is 2.75. The van der Waals surface area contributed by atoms with E-state index in [2.05, 4.69) is 9.62 Å². The lowest BCUT2D eigenvalue weighted by Crippen LogP contribution is -2.46. The van der Waals surface area contributed by atoms with E-state index in [1.807, 2.05) is 36.4 Å². The van der Waals surface area contributed by atoms with Gasteiger partial charge in [0, 0.05) is 22.7 Å². The molecule has 0 amide bonds. The third-order valence-electron chi connectivity index (χ3n) is 5.36. The van der Waals surface area contributed by atoms with Gasteiger partial charge in [-0.3, -0.25) is 0 Å². The molecule has 4 rings (SSSR count). The predicted octanol–water partition coefficient (Wildman–Crippen LogP) is 6.81. The average molecular weight is 498 g/mol. The SMILES string of the molecule is [O-][S+](NC1CCN(c2ccc(Cl)cc2Cl)C(c2ccc(Cl)cc2)C1)c1cccc(F)c1. The highest BCUT2D eigenvalue weighted by molar-refractivity contribution is 7.89. The van der Waals surface area contributed by atoms with Crippen molar-refractivity contribution in [1.29, 1.82) is 0 Å². The molecular formula is C23H20Cl3FN2OS. The van der Waals surface area contributed by atoms with E-state index in [9.17, 15) is 8.94 Å². The molecule has 1 heterocycles. The van der Waals surface area contributed by atoms with Gasteiger partial charge in [0.1, 0.15) is 5.82 Å². The topological polar surface area (TPSA) is 38.3 Å². The zero-order valence-electron chi connectivity index (χ0n) is 16.4. The van der Waals surface area contributed by atoms with Crippen molar-refractivity contribution in [3.8, 4) is 0 Å². The summed E-state index contributed by atoms with van der Waals surface area (Å²) in [6.07, 6.45) is 1.45. The van der Waals surface area contributed by atoms with Crippen LogP contribution in [0.1, 0.15) is 24.4 Å². The van der Waals surface area contributed by atoms with Crippen molar-refractivity contribution in [2.75, 3.05) is 11.4 Å². The second-order valence-electron chi connectivity index (χ2n) is 7.42. The largest absolute Gasteiger partial charge is 0.593 e. The van der Waals surface area contributed by atoms with Crippen LogP contribution in [-0.2, 0) is 11.4 Å². The minimum Gasteiger partial charge on any atom is -0.593 e. The number of anilines is 1. The summed E-state index contributed by atoms with van der Waals surface area (Å²) >= 11 is 17.2. The summed E-state index contributed by atoms with van der Waals surface area (Å²) in [5, 5.41) is 1.83. The third-order valence-corrected chi connectivity index (χ3v) is 7.38. The van der Waals surface area contributed by atoms with Crippen molar-refractivity contribution >= 4 is 51.9 Å². The molecule has 1 aliphatic heterocycles. The molecule has 3 atom stereocenters. The van der Waals surface area contributed by atoms with Gasteiger partial charge in [0.15, 0.2) is 4.90 Å². The second kappa shape index (κ2) is 9.99. The maximum atomic E-state index is 13.5. The van der Waals surface area contributed by atoms with E-state index < -0.39 is 17.2 Å². The summed E-state index contributed by atoms with van der Waals surface area (Å²) in [5.41, 5.74) is 1.98. The minimum atomic E-state index is -1.50. The molecule has 3 aromatic rings. The third kappa shape index (κ3) is 5.48. The first-order valence-electron chi connectivity index (χ1n) is 9.81. The Balaban J connectivity index is 1.58. The van der Waals surface area contributed by atoms with Gasteiger partial charge in [-0.05, 0) is 60.9 Å². The fourth-order valence-electron chi connectivity index (χ4n) is 3.88. The molecule has 0 aliphatic carbocycles. The van der Waals surface area contributed by atoms with Crippen molar-refractivity contribution in [3.05, 3.63) is 93.2 Å². The Kier molecular flexibility index (Phi) is 7.32. The van der Waals surface area contributed by atoms with Gasteiger partial charge in [0.05, 0.1) is 34.2 Å². The van der Waals surface area contributed by atoms with Crippen LogP contribution in [0.4, 0.5) is 10.1 Å².